The molecule has 0 aliphatic rings. The molecular formula is C26H40N2O. The highest BCUT2D eigenvalue weighted by molar-refractivity contribution is 5.55. The Morgan fingerprint density at radius 1 is 0.828 bits per heavy atom. The van der Waals surface area contributed by atoms with Crippen LogP contribution in [-0.2, 0) is 6.42 Å². The van der Waals surface area contributed by atoms with E-state index in [1.165, 1.54) is 63.4 Å². The van der Waals surface area contributed by atoms with Crippen LogP contribution in [0.3, 0.4) is 0 Å². The number of rotatable bonds is 15. The van der Waals surface area contributed by atoms with E-state index in [1.807, 2.05) is 24.5 Å². The van der Waals surface area contributed by atoms with Crippen molar-refractivity contribution in [2.45, 2.75) is 91.4 Å². The fourth-order valence-corrected chi connectivity index (χ4v) is 3.43. The summed E-state index contributed by atoms with van der Waals surface area (Å²) in [4.78, 5) is 9.14. The van der Waals surface area contributed by atoms with Gasteiger partial charge in [0.1, 0.15) is 5.75 Å². The first-order valence-corrected chi connectivity index (χ1v) is 11.8. The number of hydrogen-bond acceptors (Lipinski definition) is 3. The predicted octanol–water partition coefficient (Wildman–Crippen LogP) is 7.64. The maximum atomic E-state index is 5.86. The fourth-order valence-electron chi connectivity index (χ4n) is 3.43. The molecule has 1 aromatic heterocycles. The maximum absolute atomic E-state index is 5.86. The van der Waals surface area contributed by atoms with Gasteiger partial charge in [-0.15, -0.1) is 0 Å². The van der Waals surface area contributed by atoms with Crippen molar-refractivity contribution in [3.63, 3.8) is 0 Å². The molecule has 1 aromatic carbocycles. The molecule has 1 heterocycles. The molecular weight excluding hydrogens is 356 g/mol. The molecule has 0 radical (unpaired) electrons. The SMILES string of the molecule is CCCCCCCCOc1ccc(-c2ncc(CCCCC(C)CC)cn2)cc1. The fraction of sp³-hybridized carbons (Fsp3) is 0.615. The lowest BCUT2D eigenvalue weighted by atomic mass is 10.00. The minimum absolute atomic E-state index is 0.788. The zero-order chi connectivity index (χ0) is 20.7. The van der Waals surface area contributed by atoms with Gasteiger partial charge >= 0.3 is 0 Å². The molecule has 0 saturated heterocycles. The van der Waals surface area contributed by atoms with E-state index >= 15 is 0 Å². The quantitative estimate of drug-likeness (QED) is 0.290. The summed E-state index contributed by atoms with van der Waals surface area (Å²) in [5.41, 5.74) is 2.28. The van der Waals surface area contributed by atoms with E-state index < -0.39 is 0 Å². The zero-order valence-electron chi connectivity index (χ0n) is 18.8. The standard InChI is InChI=1S/C26H40N2O/c1-4-6-7-8-9-12-19-29-25-17-15-24(16-18-25)26-27-20-23(21-28-26)14-11-10-13-22(3)5-2/h15-18,20-22H,4-14,19H2,1-3H3. The van der Waals surface area contributed by atoms with Crippen molar-refractivity contribution >= 4 is 0 Å². The first-order valence-electron chi connectivity index (χ1n) is 11.8. The van der Waals surface area contributed by atoms with Crippen molar-refractivity contribution in [1.29, 1.82) is 0 Å². The van der Waals surface area contributed by atoms with Gasteiger partial charge in [-0.25, -0.2) is 9.97 Å². The van der Waals surface area contributed by atoms with E-state index in [9.17, 15) is 0 Å². The summed E-state index contributed by atoms with van der Waals surface area (Å²) in [6.07, 6.45) is 17.9. The summed E-state index contributed by atoms with van der Waals surface area (Å²) in [6.45, 7) is 7.66. The van der Waals surface area contributed by atoms with Gasteiger partial charge in [0.2, 0.25) is 0 Å². The van der Waals surface area contributed by atoms with E-state index in [4.69, 9.17) is 4.74 Å². The summed E-state index contributed by atoms with van der Waals surface area (Å²) >= 11 is 0. The molecule has 0 aliphatic carbocycles. The highest BCUT2D eigenvalue weighted by Crippen LogP contribution is 2.20. The molecule has 1 atom stereocenters. The van der Waals surface area contributed by atoms with Gasteiger partial charge in [-0.05, 0) is 55.0 Å². The van der Waals surface area contributed by atoms with Crippen molar-refractivity contribution in [3.05, 3.63) is 42.2 Å². The van der Waals surface area contributed by atoms with Crippen LogP contribution in [-0.4, -0.2) is 16.6 Å². The van der Waals surface area contributed by atoms with Gasteiger partial charge in [-0.2, -0.15) is 0 Å². The average Bonchev–Trinajstić information content (AvgIpc) is 2.77. The summed E-state index contributed by atoms with van der Waals surface area (Å²) < 4.78 is 5.86. The van der Waals surface area contributed by atoms with Crippen molar-refractivity contribution < 1.29 is 4.74 Å². The minimum Gasteiger partial charge on any atom is -0.494 e. The second-order valence-corrected chi connectivity index (χ2v) is 8.31. The topological polar surface area (TPSA) is 35.0 Å². The first-order chi connectivity index (χ1) is 14.2. The normalized spacial score (nSPS) is 12.1. The summed E-state index contributed by atoms with van der Waals surface area (Å²) in [5, 5.41) is 0. The third-order valence-corrected chi connectivity index (χ3v) is 5.69. The van der Waals surface area contributed by atoms with Crippen LogP contribution in [0.25, 0.3) is 11.4 Å². The number of aromatic nitrogens is 2. The van der Waals surface area contributed by atoms with Crippen molar-refractivity contribution in [3.8, 4) is 17.1 Å². The Kier molecular flexibility index (Phi) is 11.4. The van der Waals surface area contributed by atoms with Crippen LogP contribution in [0, 0.1) is 5.92 Å². The Morgan fingerprint density at radius 3 is 2.21 bits per heavy atom. The molecule has 0 amide bonds. The molecule has 3 heteroatoms. The molecule has 0 bridgehead atoms. The molecule has 0 spiro atoms. The monoisotopic (exact) mass is 396 g/mol. The van der Waals surface area contributed by atoms with Gasteiger partial charge in [-0.1, -0.05) is 72.1 Å². The second-order valence-electron chi connectivity index (χ2n) is 8.31. The molecule has 0 fully saturated rings. The Balaban J connectivity index is 1.70. The lowest BCUT2D eigenvalue weighted by molar-refractivity contribution is 0.304. The zero-order valence-corrected chi connectivity index (χ0v) is 18.8. The molecule has 2 rings (SSSR count). The van der Waals surface area contributed by atoms with Crippen LogP contribution in [0.1, 0.15) is 90.5 Å². The van der Waals surface area contributed by atoms with E-state index in [-0.39, 0.29) is 0 Å². The third-order valence-electron chi connectivity index (χ3n) is 5.69. The summed E-state index contributed by atoms with van der Waals surface area (Å²) in [5.74, 6) is 2.56. The molecule has 3 nitrogen and oxygen atoms in total. The van der Waals surface area contributed by atoms with Crippen LogP contribution >= 0.6 is 0 Å². The molecule has 160 valence electrons. The molecule has 2 aromatic rings. The van der Waals surface area contributed by atoms with Gasteiger partial charge in [-0.3, -0.25) is 0 Å². The number of ether oxygens (including phenoxy) is 1. The van der Waals surface area contributed by atoms with Crippen LogP contribution in [0.2, 0.25) is 0 Å². The second kappa shape index (κ2) is 14.1. The number of aryl methyl sites for hydroxylation is 1. The maximum Gasteiger partial charge on any atom is 0.159 e. The highest BCUT2D eigenvalue weighted by Gasteiger charge is 2.04. The molecule has 1 unspecified atom stereocenters. The van der Waals surface area contributed by atoms with Crippen LogP contribution < -0.4 is 4.74 Å². The van der Waals surface area contributed by atoms with Gasteiger partial charge in [0.15, 0.2) is 5.82 Å². The van der Waals surface area contributed by atoms with Crippen LogP contribution in [0.4, 0.5) is 0 Å². The first kappa shape index (κ1) is 23.4. The predicted molar refractivity (Wildman–Crippen MR) is 123 cm³/mol. The smallest absolute Gasteiger partial charge is 0.159 e. The number of benzene rings is 1. The lowest BCUT2D eigenvalue weighted by Crippen LogP contribution is -1.98. The Morgan fingerprint density at radius 2 is 1.52 bits per heavy atom. The molecule has 0 N–H and O–H groups in total. The Bertz CT molecular complexity index is 651. The third kappa shape index (κ3) is 9.43. The van der Waals surface area contributed by atoms with Gasteiger partial charge in [0.05, 0.1) is 6.61 Å². The van der Waals surface area contributed by atoms with Crippen molar-refractivity contribution in [2.75, 3.05) is 6.61 Å². The number of nitrogens with zero attached hydrogens (tertiary/aromatic N) is 2. The number of hydrogen-bond donors (Lipinski definition) is 0. The number of unbranched alkanes of at least 4 members (excludes halogenated alkanes) is 6. The largest absolute Gasteiger partial charge is 0.494 e. The van der Waals surface area contributed by atoms with Crippen LogP contribution in [0.5, 0.6) is 5.75 Å². The lowest BCUT2D eigenvalue weighted by Gasteiger charge is -2.08. The highest BCUT2D eigenvalue weighted by atomic mass is 16.5. The van der Waals surface area contributed by atoms with Gasteiger partial charge in [0.25, 0.3) is 0 Å². The molecule has 29 heavy (non-hydrogen) atoms. The van der Waals surface area contributed by atoms with Gasteiger partial charge < -0.3 is 4.74 Å². The average molecular weight is 397 g/mol. The van der Waals surface area contributed by atoms with Crippen molar-refractivity contribution in [1.82, 2.24) is 9.97 Å². The molecule has 0 aliphatic heterocycles. The minimum atomic E-state index is 0.788. The summed E-state index contributed by atoms with van der Waals surface area (Å²) in [6, 6.07) is 8.16. The Labute approximate surface area is 178 Å². The van der Waals surface area contributed by atoms with Crippen molar-refractivity contribution in [2.24, 2.45) is 5.92 Å². The van der Waals surface area contributed by atoms with E-state index in [0.29, 0.717) is 0 Å². The molecule has 0 saturated carbocycles. The van der Waals surface area contributed by atoms with E-state index in [0.717, 1.165) is 42.5 Å². The van der Waals surface area contributed by atoms with Gasteiger partial charge in [0, 0.05) is 18.0 Å². The van der Waals surface area contributed by atoms with Crippen LogP contribution in [0.15, 0.2) is 36.7 Å². The van der Waals surface area contributed by atoms with E-state index in [2.05, 4.69) is 42.9 Å². The Hall–Kier alpha value is -1.90. The van der Waals surface area contributed by atoms with E-state index in [1.54, 1.807) is 0 Å². The summed E-state index contributed by atoms with van der Waals surface area (Å²) in [7, 11) is 0.